The number of carbonyl (C=O) groups excluding carboxylic acids is 1. The molecule has 2 aromatic heterocycles. The van der Waals surface area contributed by atoms with Gasteiger partial charge in [0.2, 0.25) is 0 Å². The first-order valence-corrected chi connectivity index (χ1v) is 12.6. The van der Waals surface area contributed by atoms with Gasteiger partial charge in [0, 0.05) is 18.9 Å². The highest BCUT2D eigenvalue weighted by Gasteiger charge is 2.61. The number of hydrogen-bond acceptors (Lipinski definition) is 11. The van der Waals surface area contributed by atoms with Crippen LogP contribution >= 0.6 is 11.6 Å². The van der Waals surface area contributed by atoms with Gasteiger partial charge in [0.1, 0.15) is 19.0 Å². The number of benzene rings is 1. The summed E-state index contributed by atoms with van der Waals surface area (Å²) in [5.74, 6) is -1.90. The van der Waals surface area contributed by atoms with E-state index in [0.717, 1.165) is 24.1 Å². The minimum Gasteiger partial charge on any atom is -0.463 e. The van der Waals surface area contributed by atoms with Crippen LogP contribution in [0, 0.1) is 0 Å². The Labute approximate surface area is 236 Å². The molecule has 16 heteroatoms. The summed E-state index contributed by atoms with van der Waals surface area (Å²) in [6, 6.07) is 8.63. The number of rotatable bonds is 7. The normalized spacial score (nSPS) is 26.4. The SMILES string of the molecule is COCO[C@H]1CO[C@@H]2COC(c3ccccc3)O[C@@]2(c2nc(C(=O)OC)nn2-c2cc(Cl)cnc2C(F)(F)F)[C@@H]1N. The number of carbonyl (C=O) groups is 1. The van der Waals surface area contributed by atoms with Gasteiger partial charge in [-0.2, -0.15) is 13.2 Å². The van der Waals surface area contributed by atoms with E-state index in [0.29, 0.717) is 5.56 Å². The molecular weight excluding hydrogens is 575 g/mol. The standard InChI is InChI=1S/C25H25ClF3N5O7/c1-36-12-40-16-10-38-17-11-39-22(13-6-4-3-5-7-13)41-24(17,18(16)30)23-32-20(21(35)37-2)33-34(23)15-8-14(26)9-31-19(15)25(27,28)29/h3-9,16-18,22H,10-12,30H2,1-2H3/t16-,17+,18+,22?,24+/m0/s1. The van der Waals surface area contributed by atoms with E-state index in [9.17, 15) is 18.0 Å². The maximum absolute atomic E-state index is 14.2. The number of hydrogen-bond donors (Lipinski definition) is 1. The van der Waals surface area contributed by atoms with Gasteiger partial charge in [-0.1, -0.05) is 41.9 Å². The molecule has 220 valence electrons. The van der Waals surface area contributed by atoms with Crippen LogP contribution in [0.4, 0.5) is 13.2 Å². The van der Waals surface area contributed by atoms with Crippen molar-refractivity contribution in [1.29, 1.82) is 0 Å². The first kappa shape index (κ1) is 29.3. The topological polar surface area (TPSA) is 142 Å². The highest BCUT2D eigenvalue weighted by Crippen LogP contribution is 2.47. The van der Waals surface area contributed by atoms with E-state index in [2.05, 4.69) is 15.1 Å². The highest BCUT2D eigenvalue weighted by atomic mass is 35.5. The van der Waals surface area contributed by atoms with Crippen LogP contribution in [-0.4, -0.2) is 78.2 Å². The summed E-state index contributed by atoms with van der Waals surface area (Å²) in [7, 11) is 2.49. The van der Waals surface area contributed by atoms with Crippen molar-refractivity contribution in [1.82, 2.24) is 19.7 Å². The van der Waals surface area contributed by atoms with Crippen LogP contribution in [0.1, 0.15) is 34.0 Å². The summed E-state index contributed by atoms with van der Waals surface area (Å²) in [6.07, 6.45) is -7.06. The van der Waals surface area contributed by atoms with E-state index in [4.69, 9.17) is 45.8 Å². The molecule has 2 N–H and O–H groups in total. The maximum atomic E-state index is 14.2. The van der Waals surface area contributed by atoms with Crippen molar-refractivity contribution in [3.05, 3.63) is 70.5 Å². The van der Waals surface area contributed by atoms with Crippen molar-refractivity contribution in [2.24, 2.45) is 5.73 Å². The smallest absolute Gasteiger partial charge is 0.435 e. The van der Waals surface area contributed by atoms with Gasteiger partial charge < -0.3 is 34.2 Å². The zero-order valence-corrected chi connectivity index (χ0v) is 22.5. The molecule has 5 rings (SSSR count). The van der Waals surface area contributed by atoms with Gasteiger partial charge in [-0.3, -0.25) is 0 Å². The molecule has 0 radical (unpaired) electrons. The van der Waals surface area contributed by atoms with E-state index in [1.54, 1.807) is 30.3 Å². The molecule has 4 heterocycles. The Morgan fingerprint density at radius 1 is 1.22 bits per heavy atom. The Morgan fingerprint density at radius 3 is 2.66 bits per heavy atom. The third kappa shape index (κ3) is 5.41. The molecule has 0 amide bonds. The van der Waals surface area contributed by atoms with Crippen molar-refractivity contribution in [2.75, 3.05) is 34.2 Å². The number of pyridine rings is 1. The van der Waals surface area contributed by atoms with Crippen molar-refractivity contribution in [2.45, 2.75) is 36.3 Å². The van der Waals surface area contributed by atoms with E-state index in [1.165, 1.54) is 7.11 Å². The monoisotopic (exact) mass is 599 g/mol. The second kappa shape index (κ2) is 11.6. The lowest BCUT2D eigenvalue weighted by atomic mass is 9.81. The van der Waals surface area contributed by atoms with E-state index < -0.39 is 59.5 Å². The zero-order chi connectivity index (χ0) is 29.4. The summed E-state index contributed by atoms with van der Waals surface area (Å²) in [6.45, 7) is -0.299. The lowest BCUT2D eigenvalue weighted by Crippen LogP contribution is -2.69. The van der Waals surface area contributed by atoms with Crippen LogP contribution in [-0.2, 0) is 40.2 Å². The first-order valence-electron chi connectivity index (χ1n) is 12.2. The number of methoxy groups -OCH3 is 2. The van der Waals surface area contributed by atoms with Gasteiger partial charge in [-0.15, -0.1) is 5.10 Å². The van der Waals surface area contributed by atoms with Gasteiger partial charge >= 0.3 is 12.1 Å². The molecule has 1 aromatic carbocycles. The van der Waals surface area contributed by atoms with Gasteiger partial charge in [-0.05, 0) is 6.07 Å². The first-order chi connectivity index (χ1) is 19.6. The number of nitrogens with zero attached hydrogens (tertiary/aromatic N) is 4. The van der Waals surface area contributed by atoms with E-state index >= 15 is 0 Å². The molecule has 1 unspecified atom stereocenters. The molecule has 3 aromatic rings. The fourth-order valence-corrected chi connectivity index (χ4v) is 4.94. The molecular formula is C25H25ClF3N5O7. The van der Waals surface area contributed by atoms with Gasteiger partial charge in [0.15, 0.2) is 23.4 Å². The summed E-state index contributed by atoms with van der Waals surface area (Å²) in [5.41, 5.74) is 3.53. The third-order valence-corrected chi connectivity index (χ3v) is 6.87. The fourth-order valence-electron chi connectivity index (χ4n) is 4.79. The van der Waals surface area contributed by atoms with Gasteiger partial charge in [0.05, 0.1) is 37.1 Å². The third-order valence-electron chi connectivity index (χ3n) is 6.66. The molecule has 12 nitrogen and oxygen atoms in total. The number of halogens is 4. The molecule has 2 aliphatic heterocycles. The largest absolute Gasteiger partial charge is 0.463 e. The number of aromatic nitrogens is 4. The highest BCUT2D eigenvalue weighted by molar-refractivity contribution is 6.30. The Bertz CT molecular complexity index is 1400. The summed E-state index contributed by atoms with van der Waals surface area (Å²) >= 11 is 6.08. The minimum absolute atomic E-state index is 0.0236. The van der Waals surface area contributed by atoms with Crippen LogP contribution < -0.4 is 5.73 Å². The lowest BCUT2D eigenvalue weighted by Gasteiger charge is -2.52. The quantitative estimate of drug-likeness (QED) is 0.316. The van der Waals surface area contributed by atoms with Crippen LogP contribution in [0.3, 0.4) is 0 Å². The van der Waals surface area contributed by atoms with Crippen LogP contribution in [0.25, 0.3) is 5.69 Å². The van der Waals surface area contributed by atoms with Gasteiger partial charge in [-0.25, -0.2) is 19.4 Å². The van der Waals surface area contributed by atoms with E-state index in [-0.39, 0.29) is 30.9 Å². The zero-order valence-electron chi connectivity index (χ0n) is 21.7. The molecule has 0 aliphatic carbocycles. The molecule has 5 atom stereocenters. The number of ether oxygens (including phenoxy) is 6. The second-order valence-corrected chi connectivity index (χ2v) is 9.56. The van der Waals surface area contributed by atoms with Crippen LogP contribution in [0.5, 0.6) is 0 Å². The maximum Gasteiger partial charge on any atom is 0.435 e. The molecule has 2 saturated heterocycles. The molecule has 0 saturated carbocycles. The Morgan fingerprint density at radius 2 is 1.98 bits per heavy atom. The van der Waals surface area contributed by atoms with Crippen molar-refractivity contribution in [3.63, 3.8) is 0 Å². The molecule has 2 aliphatic rings. The summed E-state index contributed by atoms with van der Waals surface area (Å²) < 4.78 is 77.3. The van der Waals surface area contributed by atoms with Crippen LogP contribution in [0.15, 0.2) is 42.6 Å². The predicted molar refractivity (Wildman–Crippen MR) is 133 cm³/mol. The summed E-state index contributed by atoms with van der Waals surface area (Å²) in [4.78, 5) is 20.4. The number of nitrogens with two attached hydrogens (primary N) is 1. The Hall–Kier alpha value is -3.18. The van der Waals surface area contributed by atoms with E-state index in [1.807, 2.05) is 0 Å². The number of fused-ring (bicyclic) bond motifs is 1. The molecule has 0 bridgehead atoms. The Kier molecular flexibility index (Phi) is 8.29. The van der Waals surface area contributed by atoms with Crippen molar-refractivity contribution < 1.29 is 46.4 Å². The van der Waals surface area contributed by atoms with Crippen molar-refractivity contribution >= 4 is 17.6 Å². The Balaban J connectivity index is 1.77. The lowest BCUT2D eigenvalue weighted by molar-refractivity contribution is -0.352. The average molecular weight is 600 g/mol. The number of alkyl halides is 3. The molecule has 41 heavy (non-hydrogen) atoms. The molecule has 0 spiro atoms. The summed E-state index contributed by atoms with van der Waals surface area (Å²) in [5, 5.41) is 3.95. The van der Waals surface area contributed by atoms with Crippen LogP contribution in [0.2, 0.25) is 5.02 Å². The average Bonchev–Trinajstić information content (AvgIpc) is 3.42. The van der Waals surface area contributed by atoms with Crippen molar-refractivity contribution in [3.8, 4) is 5.69 Å². The van der Waals surface area contributed by atoms with Gasteiger partial charge in [0.25, 0.3) is 5.82 Å². The number of esters is 1. The second-order valence-electron chi connectivity index (χ2n) is 9.13. The molecule has 2 fully saturated rings. The minimum atomic E-state index is -4.94. The fraction of sp³-hybridized carbons (Fsp3) is 0.440. The predicted octanol–water partition coefficient (Wildman–Crippen LogP) is 2.78.